The van der Waals surface area contributed by atoms with Crippen molar-refractivity contribution in [2.75, 3.05) is 5.75 Å². The second-order valence-corrected chi connectivity index (χ2v) is 7.22. The van der Waals surface area contributed by atoms with Crippen molar-refractivity contribution in [3.8, 4) is 0 Å². The first-order valence-electron chi connectivity index (χ1n) is 7.28. The van der Waals surface area contributed by atoms with Crippen molar-refractivity contribution in [3.63, 3.8) is 0 Å². The zero-order valence-electron chi connectivity index (χ0n) is 12.1. The number of carbonyl (C=O) groups excluding carboxylic acids is 1. The van der Waals surface area contributed by atoms with Gasteiger partial charge in [-0.2, -0.15) is 0 Å². The van der Waals surface area contributed by atoms with Crippen molar-refractivity contribution in [1.29, 1.82) is 0 Å². The van der Waals surface area contributed by atoms with Gasteiger partial charge in [0.2, 0.25) is 5.91 Å². The fourth-order valence-electron chi connectivity index (χ4n) is 2.77. The van der Waals surface area contributed by atoms with Gasteiger partial charge in [0.05, 0.1) is 17.5 Å². The van der Waals surface area contributed by atoms with Gasteiger partial charge in [-0.1, -0.05) is 70.2 Å². The Morgan fingerprint density at radius 1 is 1.09 bits per heavy atom. The van der Waals surface area contributed by atoms with E-state index in [9.17, 15) is 4.79 Å². The number of rotatable bonds is 2. The maximum atomic E-state index is 12.3. The lowest BCUT2D eigenvalue weighted by Gasteiger charge is -2.29. The monoisotopic (exact) mass is 384 g/mol. The van der Waals surface area contributed by atoms with Crippen LogP contribution in [0.15, 0.2) is 70.1 Å². The van der Waals surface area contributed by atoms with Gasteiger partial charge in [-0.05, 0) is 29.3 Å². The molecule has 0 aromatic heterocycles. The maximum Gasteiger partial charge on any atom is 0.239 e. The second kappa shape index (κ2) is 5.98. The number of halogens is 1. The molecule has 2 aromatic carbocycles. The summed E-state index contributed by atoms with van der Waals surface area (Å²) in [6.07, 6.45) is 2.08. The van der Waals surface area contributed by atoms with Crippen LogP contribution in [-0.4, -0.2) is 21.7 Å². The summed E-state index contributed by atoms with van der Waals surface area (Å²) in [5, 5.41) is 0.796. The minimum Gasteiger partial charge on any atom is -0.279 e. The first kappa shape index (κ1) is 14.7. The van der Waals surface area contributed by atoms with E-state index in [-0.39, 0.29) is 11.9 Å². The molecule has 1 atom stereocenters. The molecule has 23 heavy (non-hydrogen) atoms. The van der Waals surface area contributed by atoms with Crippen molar-refractivity contribution in [2.24, 2.45) is 4.99 Å². The van der Waals surface area contributed by atoms with E-state index >= 15 is 0 Å². The van der Waals surface area contributed by atoms with Gasteiger partial charge in [0.25, 0.3) is 0 Å². The molecule has 1 saturated heterocycles. The summed E-state index contributed by atoms with van der Waals surface area (Å²) < 4.78 is 1.03. The van der Waals surface area contributed by atoms with Gasteiger partial charge in [0.15, 0.2) is 5.17 Å². The van der Waals surface area contributed by atoms with Gasteiger partial charge in [0, 0.05) is 4.47 Å². The first-order valence-corrected chi connectivity index (χ1v) is 9.06. The lowest BCUT2D eigenvalue weighted by atomic mass is 10.0. The van der Waals surface area contributed by atoms with Crippen LogP contribution in [0.3, 0.4) is 0 Å². The third-order valence-corrected chi connectivity index (χ3v) is 5.36. The maximum absolute atomic E-state index is 12.3. The Morgan fingerprint density at radius 2 is 1.83 bits per heavy atom. The molecule has 1 unspecified atom stereocenters. The third-order valence-electron chi connectivity index (χ3n) is 3.89. The van der Waals surface area contributed by atoms with E-state index in [2.05, 4.69) is 22.0 Å². The molecule has 114 valence electrons. The predicted molar refractivity (Wildman–Crippen MR) is 98.0 cm³/mol. The third kappa shape index (κ3) is 2.75. The second-order valence-electron chi connectivity index (χ2n) is 5.36. The Kier molecular flexibility index (Phi) is 3.83. The fraction of sp³-hybridized carbons (Fsp3) is 0.111. The van der Waals surface area contributed by atoms with E-state index in [0.29, 0.717) is 5.75 Å². The zero-order valence-corrected chi connectivity index (χ0v) is 14.5. The summed E-state index contributed by atoms with van der Waals surface area (Å²) in [6, 6.07) is 18.1. The zero-order chi connectivity index (χ0) is 15.8. The minimum atomic E-state index is -0.103. The van der Waals surface area contributed by atoms with Crippen LogP contribution in [0.4, 0.5) is 0 Å². The molecule has 0 radical (unpaired) electrons. The van der Waals surface area contributed by atoms with Gasteiger partial charge in [-0.25, -0.2) is 4.99 Å². The molecular formula is C18H13BrN2OS. The van der Waals surface area contributed by atoms with Crippen LogP contribution in [0.25, 0.3) is 5.70 Å². The highest BCUT2D eigenvalue weighted by Gasteiger charge is 2.37. The van der Waals surface area contributed by atoms with Crippen LogP contribution in [0.2, 0.25) is 0 Å². The number of hydrogen-bond acceptors (Lipinski definition) is 3. The van der Waals surface area contributed by atoms with Gasteiger partial charge in [0.1, 0.15) is 0 Å². The number of nitrogens with zero attached hydrogens (tertiary/aromatic N) is 2. The largest absolute Gasteiger partial charge is 0.279 e. The van der Waals surface area contributed by atoms with Gasteiger partial charge in [-0.15, -0.1) is 0 Å². The SMILES string of the molecule is O=C1CSC2=NC(c3ccccc3)=CC(c3ccc(Br)cc3)N12. The quantitative estimate of drug-likeness (QED) is 0.764. The molecule has 0 saturated carbocycles. The average Bonchev–Trinajstić information content (AvgIpc) is 2.97. The summed E-state index contributed by atoms with van der Waals surface area (Å²) in [4.78, 5) is 18.8. The van der Waals surface area contributed by atoms with E-state index < -0.39 is 0 Å². The van der Waals surface area contributed by atoms with Crippen LogP contribution in [0, 0.1) is 0 Å². The lowest BCUT2D eigenvalue weighted by molar-refractivity contribution is -0.125. The van der Waals surface area contributed by atoms with E-state index in [4.69, 9.17) is 4.99 Å². The molecule has 2 aliphatic heterocycles. The highest BCUT2D eigenvalue weighted by molar-refractivity contribution is 9.10. The van der Waals surface area contributed by atoms with Crippen LogP contribution in [0.1, 0.15) is 17.2 Å². The first-order chi connectivity index (χ1) is 11.2. The number of fused-ring (bicyclic) bond motifs is 1. The van der Waals surface area contributed by atoms with Crippen molar-refractivity contribution in [3.05, 3.63) is 76.3 Å². The Morgan fingerprint density at radius 3 is 2.57 bits per heavy atom. The van der Waals surface area contributed by atoms with E-state index in [0.717, 1.165) is 26.5 Å². The van der Waals surface area contributed by atoms with Crippen molar-refractivity contribution >= 4 is 44.5 Å². The Hall–Kier alpha value is -1.85. The number of hydrogen-bond donors (Lipinski definition) is 0. The van der Waals surface area contributed by atoms with Crippen LogP contribution < -0.4 is 0 Å². The number of benzene rings is 2. The molecule has 0 bridgehead atoms. The standard InChI is InChI=1S/C18H13BrN2OS/c19-14-8-6-13(7-9-14)16-10-15(12-4-2-1-3-5-12)20-18-21(16)17(22)11-23-18/h1-10,16H,11H2. The molecule has 0 aliphatic carbocycles. The lowest BCUT2D eigenvalue weighted by Crippen LogP contribution is -2.34. The van der Waals surface area contributed by atoms with Gasteiger partial charge in [-0.3, -0.25) is 9.69 Å². The average molecular weight is 385 g/mol. The number of amidine groups is 1. The molecular weight excluding hydrogens is 372 g/mol. The highest BCUT2D eigenvalue weighted by atomic mass is 79.9. The smallest absolute Gasteiger partial charge is 0.239 e. The molecule has 4 rings (SSSR count). The van der Waals surface area contributed by atoms with Gasteiger partial charge >= 0.3 is 0 Å². The Balaban J connectivity index is 1.81. The Labute approximate surface area is 147 Å². The van der Waals surface area contributed by atoms with Crippen LogP contribution >= 0.6 is 27.7 Å². The number of amides is 1. The van der Waals surface area contributed by atoms with Crippen molar-refractivity contribution < 1.29 is 4.79 Å². The molecule has 2 aliphatic rings. The Bertz CT molecular complexity index is 815. The van der Waals surface area contributed by atoms with Crippen LogP contribution in [-0.2, 0) is 4.79 Å². The van der Waals surface area contributed by atoms with E-state index in [1.165, 1.54) is 11.8 Å². The summed E-state index contributed by atoms with van der Waals surface area (Å²) in [6.45, 7) is 0. The summed E-state index contributed by atoms with van der Waals surface area (Å²) >= 11 is 4.97. The normalized spacial score (nSPS) is 20.1. The molecule has 0 N–H and O–H groups in total. The molecule has 2 heterocycles. The minimum absolute atomic E-state index is 0.103. The predicted octanol–water partition coefficient (Wildman–Crippen LogP) is 4.48. The van der Waals surface area contributed by atoms with Crippen molar-refractivity contribution in [2.45, 2.75) is 6.04 Å². The summed E-state index contributed by atoms with van der Waals surface area (Å²) in [7, 11) is 0. The van der Waals surface area contributed by atoms with E-state index in [1.54, 1.807) is 4.90 Å². The van der Waals surface area contributed by atoms with Crippen LogP contribution in [0.5, 0.6) is 0 Å². The number of carbonyl (C=O) groups is 1. The fourth-order valence-corrected chi connectivity index (χ4v) is 3.94. The number of thioether (sulfide) groups is 1. The molecule has 3 nitrogen and oxygen atoms in total. The summed E-state index contributed by atoms with van der Waals surface area (Å²) in [5.74, 6) is 0.576. The van der Waals surface area contributed by atoms with Gasteiger partial charge < -0.3 is 0 Å². The topological polar surface area (TPSA) is 32.7 Å². The van der Waals surface area contributed by atoms with Crippen molar-refractivity contribution in [1.82, 2.24) is 4.90 Å². The molecule has 2 aromatic rings. The molecule has 1 amide bonds. The molecule has 0 spiro atoms. The highest BCUT2D eigenvalue weighted by Crippen LogP contribution is 2.38. The molecule has 1 fully saturated rings. The summed E-state index contributed by atoms with van der Waals surface area (Å²) in [5.41, 5.74) is 3.08. The van der Waals surface area contributed by atoms with E-state index in [1.807, 2.05) is 54.6 Å². The molecule has 5 heteroatoms. The number of aliphatic imine (C=N–C) groups is 1.